The molecule has 0 atom stereocenters. The Labute approximate surface area is 133 Å². The van der Waals surface area contributed by atoms with Crippen LogP contribution in [0.4, 0.5) is 0 Å². The number of halogens is 1. The van der Waals surface area contributed by atoms with Crippen LogP contribution in [0.3, 0.4) is 0 Å². The molecule has 0 unspecified atom stereocenters. The highest BCUT2D eigenvalue weighted by atomic mass is 35.5. The third kappa shape index (κ3) is 3.64. The van der Waals surface area contributed by atoms with Crippen molar-refractivity contribution in [3.8, 4) is 0 Å². The van der Waals surface area contributed by atoms with Gasteiger partial charge in [-0.05, 0) is 29.6 Å². The van der Waals surface area contributed by atoms with Crippen LogP contribution in [0.2, 0.25) is 5.02 Å². The van der Waals surface area contributed by atoms with Gasteiger partial charge in [0, 0.05) is 48.2 Å². The molecule has 0 bridgehead atoms. The molecule has 5 heteroatoms. The summed E-state index contributed by atoms with van der Waals surface area (Å²) in [5.41, 5.74) is 0.675. The van der Waals surface area contributed by atoms with E-state index in [1.54, 1.807) is 23.5 Å². The molecule has 1 aromatic carbocycles. The van der Waals surface area contributed by atoms with Crippen LogP contribution in [-0.4, -0.2) is 41.9 Å². The molecule has 0 N–H and O–H groups in total. The highest BCUT2D eigenvalue weighted by Gasteiger charge is 2.22. The highest BCUT2D eigenvalue weighted by molar-refractivity contribution is 7.09. The topological polar surface area (TPSA) is 23.6 Å². The van der Waals surface area contributed by atoms with E-state index < -0.39 is 0 Å². The number of nitrogens with zero attached hydrogens (tertiary/aromatic N) is 2. The Bertz CT molecular complexity index is 606. The van der Waals surface area contributed by atoms with E-state index in [1.165, 1.54) is 4.88 Å². The van der Waals surface area contributed by atoms with Gasteiger partial charge in [0.05, 0.1) is 0 Å². The van der Waals surface area contributed by atoms with Crippen LogP contribution in [-0.2, 0) is 6.54 Å². The summed E-state index contributed by atoms with van der Waals surface area (Å²) in [6.45, 7) is 4.37. The molecule has 0 saturated carbocycles. The van der Waals surface area contributed by atoms with Crippen LogP contribution < -0.4 is 0 Å². The van der Waals surface area contributed by atoms with E-state index in [-0.39, 0.29) is 5.91 Å². The second-order valence-corrected chi connectivity index (χ2v) is 6.63. The molecule has 2 heterocycles. The first-order chi connectivity index (χ1) is 10.2. The first kappa shape index (κ1) is 14.6. The van der Waals surface area contributed by atoms with Crippen LogP contribution in [0, 0.1) is 0 Å². The zero-order chi connectivity index (χ0) is 14.7. The fourth-order valence-corrected chi connectivity index (χ4v) is 3.47. The Morgan fingerprint density at radius 2 is 1.95 bits per heavy atom. The number of piperazine rings is 1. The summed E-state index contributed by atoms with van der Waals surface area (Å²) in [5, 5.41) is 2.71. The van der Waals surface area contributed by atoms with E-state index in [2.05, 4.69) is 22.4 Å². The lowest BCUT2D eigenvalue weighted by Gasteiger charge is -2.34. The molecule has 21 heavy (non-hydrogen) atoms. The highest BCUT2D eigenvalue weighted by Crippen LogP contribution is 2.16. The number of thiophene rings is 1. The van der Waals surface area contributed by atoms with Crippen LogP contribution in [0.15, 0.2) is 41.8 Å². The second kappa shape index (κ2) is 6.60. The average Bonchev–Trinajstić information content (AvgIpc) is 3.00. The van der Waals surface area contributed by atoms with Gasteiger partial charge >= 0.3 is 0 Å². The summed E-state index contributed by atoms with van der Waals surface area (Å²) in [4.78, 5) is 18.1. The summed E-state index contributed by atoms with van der Waals surface area (Å²) < 4.78 is 0. The van der Waals surface area contributed by atoms with Crippen molar-refractivity contribution in [2.45, 2.75) is 6.54 Å². The maximum absolute atomic E-state index is 12.4. The summed E-state index contributed by atoms with van der Waals surface area (Å²) >= 11 is 7.74. The first-order valence-electron chi connectivity index (χ1n) is 7.02. The minimum absolute atomic E-state index is 0.0771. The van der Waals surface area contributed by atoms with Crippen LogP contribution in [0.25, 0.3) is 0 Å². The van der Waals surface area contributed by atoms with Crippen molar-refractivity contribution in [1.82, 2.24) is 9.80 Å². The Hall–Kier alpha value is -1.36. The molecule has 1 aromatic heterocycles. The molecule has 1 fully saturated rings. The lowest BCUT2D eigenvalue weighted by molar-refractivity contribution is 0.0629. The summed E-state index contributed by atoms with van der Waals surface area (Å²) in [5.74, 6) is 0.0771. The zero-order valence-electron chi connectivity index (χ0n) is 11.7. The number of benzene rings is 1. The van der Waals surface area contributed by atoms with Crippen LogP contribution in [0.5, 0.6) is 0 Å². The quantitative estimate of drug-likeness (QED) is 0.865. The van der Waals surface area contributed by atoms with Crippen molar-refractivity contribution < 1.29 is 4.79 Å². The van der Waals surface area contributed by atoms with Crippen LogP contribution >= 0.6 is 22.9 Å². The first-order valence-corrected chi connectivity index (χ1v) is 8.28. The molecule has 1 amide bonds. The molecule has 110 valence electrons. The molecule has 3 nitrogen and oxygen atoms in total. The van der Waals surface area contributed by atoms with E-state index in [9.17, 15) is 4.79 Å². The minimum Gasteiger partial charge on any atom is -0.336 e. The maximum atomic E-state index is 12.4. The number of carbonyl (C=O) groups excluding carboxylic acids is 1. The smallest absolute Gasteiger partial charge is 0.253 e. The summed E-state index contributed by atoms with van der Waals surface area (Å²) in [7, 11) is 0. The Balaban J connectivity index is 1.57. The van der Waals surface area contributed by atoms with Crippen molar-refractivity contribution in [3.05, 3.63) is 57.2 Å². The largest absolute Gasteiger partial charge is 0.336 e. The van der Waals surface area contributed by atoms with Gasteiger partial charge in [0.1, 0.15) is 0 Å². The van der Waals surface area contributed by atoms with E-state index in [4.69, 9.17) is 11.6 Å². The molecular formula is C16H17ClN2OS. The van der Waals surface area contributed by atoms with Gasteiger partial charge in [0.25, 0.3) is 5.91 Å². The predicted molar refractivity (Wildman–Crippen MR) is 87.0 cm³/mol. The van der Waals surface area contributed by atoms with E-state index in [0.29, 0.717) is 10.6 Å². The van der Waals surface area contributed by atoms with Gasteiger partial charge in [-0.25, -0.2) is 0 Å². The molecule has 0 radical (unpaired) electrons. The summed E-state index contributed by atoms with van der Waals surface area (Å²) in [6.07, 6.45) is 0. The third-order valence-corrected chi connectivity index (χ3v) is 4.79. The fourth-order valence-electron chi connectivity index (χ4n) is 2.54. The van der Waals surface area contributed by atoms with Gasteiger partial charge in [-0.2, -0.15) is 0 Å². The van der Waals surface area contributed by atoms with Crippen molar-refractivity contribution in [3.63, 3.8) is 0 Å². The predicted octanol–water partition coefficient (Wildman–Crippen LogP) is 3.36. The Morgan fingerprint density at radius 1 is 1.14 bits per heavy atom. The average molecular weight is 321 g/mol. The fraction of sp³-hybridized carbons (Fsp3) is 0.312. The normalized spacial score (nSPS) is 16.1. The number of amides is 1. The van der Waals surface area contributed by atoms with Gasteiger partial charge in [-0.1, -0.05) is 23.7 Å². The van der Waals surface area contributed by atoms with Gasteiger partial charge in [-0.15, -0.1) is 11.3 Å². The number of hydrogen-bond acceptors (Lipinski definition) is 3. The summed E-state index contributed by atoms with van der Waals surface area (Å²) in [6, 6.07) is 11.4. The molecular weight excluding hydrogens is 304 g/mol. The minimum atomic E-state index is 0.0771. The van der Waals surface area contributed by atoms with Crippen molar-refractivity contribution in [2.24, 2.45) is 0 Å². The molecule has 1 aliphatic rings. The zero-order valence-corrected chi connectivity index (χ0v) is 13.2. The molecule has 0 aliphatic carbocycles. The molecule has 1 saturated heterocycles. The number of hydrogen-bond donors (Lipinski definition) is 0. The van der Waals surface area contributed by atoms with E-state index in [1.807, 2.05) is 17.0 Å². The number of carbonyl (C=O) groups is 1. The lowest BCUT2D eigenvalue weighted by Crippen LogP contribution is -2.48. The Kier molecular flexibility index (Phi) is 4.58. The van der Waals surface area contributed by atoms with Crippen LogP contribution in [0.1, 0.15) is 15.2 Å². The van der Waals surface area contributed by atoms with E-state index >= 15 is 0 Å². The van der Waals surface area contributed by atoms with Crippen molar-refractivity contribution in [2.75, 3.05) is 26.2 Å². The van der Waals surface area contributed by atoms with E-state index in [0.717, 1.165) is 32.7 Å². The van der Waals surface area contributed by atoms with Gasteiger partial charge in [0.15, 0.2) is 0 Å². The second-order valence-electron chi connectivity index (χ2n) is 5.16. The standard InChI is InChI=1S/C16H17ClN2OS/c17-14-4-1-3-13(11-14)16(20)19-8-6-18(7-9-19)12-15-5-2-10-21-15/h1-5,10-11H,6-9,12H2. The SMILES string of the molecule is O=C(c1cccc(Cl)c1)N1CCN(Cc2cccs2)CC1. The van der Waals surface area contributed by atoms with Gasteiger partial charge in [0.2, 0.25) is 0 Å². The lowest BCUT2D eigenvalue weighted by atomic mass is 10.2. The molecule has 3 rings (SSSR count). The van der Waals surface area contributed by atoms with Gasteiger partial charge < -0.3 is 4.90 Å². The molecule has 2 aromatic rings. The Morgan fingerprint density at radius 3 is 2.62 bits per heavy atom. The third-order valence-electron chi connectivity index (χ3n) is 3.69. The molecule has 0 spiro atoms. The number of rotatable bonds is 3. The van der Waals surface area contributed by atoms with Crippen molar-refractivity contribution in [1.29, 1.82) is 0 Å². The maximum Gasteiger partial charge on any atom is 0.253 e. The molecule has 1 aliphatic heterocycles. The monoisotopic (exact) mass is 320 g/mol. The van der Waals surface area contributed by atoms with Gasteiger partial charge in [-0.3, -0.25) is 9.69 Å². The van der Waals surface area contributed by atoms with Crippen molar-refractivity contribution >= 4 is 28.8 Å².